The van der Waals surface area contributed by atoms with Gasteiger partial charge in [0.25, 0.3) is 0 Å². The van der Waals surface area contributed by atoms with Gasteiger partial charge in [0.1, 0.15) is 12.2 Å². The number of carbonyl (C=O) groups is 2. The summed E-state index contributed by atoms with van der Waals surface area (Å²) in [6.07, 6.45) is -0.464. The Morgan fingerprint density at radius 1 is 1.03 bits per heavy atom. The van der Waals surface area contributed by atoms with Gasteiger partial charge in [-0.15, -0.1) is 0 Å². The van der Waals surface area contributed by atoms with Crippen molar-refractivity contribution in [1.82, 2.24) is 5.32 Å². The molecule has 3 aromatic carbocycles. The second-order valence-electron chi connectivity index (χ2n) is 9.21. The van der Waals surface area contributed by atoms with E-state index in [9.17, 15) is 9.59 Å². The number of aliphatic imine (C=N–C) groups is 1. The van der Waals surface area contributed by atoms with Gasteiger partial charge in [0.2, 0.25) is 5.91 Å². The normalized spacial score (nSPS) is 18.2. The zero-order chi connectivity index (χ0) is 25.1. The Morgan fingerprint density at radius 2 is 1.71 bits per heavy atom. The molecule has 35 heavy (non-hydrogen) atoms. The van der Waals surface area contributed by atoms with E-state index in [2.05, 4.69) is 5.32 Å². The van der Waals surface area contributed by atoms with E-state index < -0.39 is 18.2 Å². The van der Waals surface area contributed by atoms with Gasteiger partial charge in [-0.3, -0.25) is 14.6 Å². The molecule has 0 saturated carbocycles. The van der Waals surface area contributed by atoms with Gasteiger partial charge < -0.3 is 16.0 Å². The van der Waals surface area contributed by atoms with Gasteiger partial charge in [0.15, 0.2) is 5.78 Å². The number of fused-ring (bicyclic) bond motifs is 1. The maximum Gasteiger partial charge on any atom is 0.225 e. The van der Waals surface area contributed by atoms with E-state index in [0.29, 0.717) is 5.71 Å². The van der Waals surface area contributed by atoms with E-state index in [1.165, 1.54) is 0 Å². The van der Waals surface area contributed by atoms with Crippen molar-refractivity contribution in [2.24, 2.45) is 10.7 Å². The number of likely N-dealkylation sites (N-methyl/N-ethyl adjacent to an activating group) is 1. The molecule has 1 aliphatic rings. The second kappa shape index (κ2) is 10.2. The number of Topliss-reactive ketones (excluding diaryl/α,β-unsaturated/α-hetero) is 1. The van der Waals surface area contributed by atoms with Gasteiger partial charge in [0, 0.05) is 23.9 Å². The van der Waals surface area contributed by atoms with Crippen LogP contribution in [0.25, 0.3) is 0 Å². The summed E-state index contributed by atoms with van der Waals surface area (Å²) in [7, 11) is 1.87. The van der Waals surface area contributed by atoms with Gasteiger partial charge in [-0.2, -0.15) is 0 Å². The lowest BCUT2D eigenvalue weighted by atomic mass is 10.00. The molecule has 0 saturated heterocycles. The summed E-state index contributed by atoms with van der Waals surface area (Å²) in [6.45, 7) is 5.68. The third-order valence-corrected chi connectivity index (χ3v) is 6.58. The summed E-state index contributed by atoms with van der Waals surface area (Å²) in [5.74, 6) is -0.425. The van der Waals surface area contributed by atoms with Crippen LogP contribution in [0.3, 0.4) is 0 Å². The maximum absolute atomic E-state index is 13.6. The molecule has 180 valence electrons. The largest absolute Gasteiger partial charge is 0.356 e. The number of amides is 1. The van der Waals surface area contributed by atoms with Crippen LogP contribution >= 0.6 is 0 Å². The molecule has 0 bridgehead atoms. The summed E-state index contributed by atoms with van der Waals surface area (Å²) in [4.78, 5) is 33.2. The third kappa shape index (κ3) is 5.17. The number of carbonyl (C=O) groups excluding carboxylic acids is 2. The molecule has 0 fully saturated rings. The molecule has 0 radical (unpaired) electrons. The van der Waals surface area contributed by atoms with E-state index in [1.807, 2.05) is 98.6 Å². The molecular formula is C29H32N4O2. The number of nitrogens with one attached hydrogen (secondary N) is 1. The Balaban J connectivity index is 1.61. The number of nitrogens with zero attached hydrogens (tertiary/aromatic N) is 2. The van der Waals surface area contributed by atoms with Crippen LogP contribution in [-0.2, 0) is 16.0 Å². The first-order valence-corrected chi connectivity index (χ1v) is 11.9. The van der Waals surface area contributed by atoms with Gasteiger partial charge in [-0.1, -0.05) is 72.3 Å². The molecule has 1 aliphatic heterocycles. The second-order valence-corrected chi connectivity index (χ2v) is 9.21. The van der Waals surface area contributed by atoms with Crippen LogP contribution in [0.15, 0.2) is 77.8 Å². The van der Waals surface area contributed by atoms with E-state index in [1.54, 1.807) is 6.92 Å². The highest BCUT2D eigenvalue weighted by Gasteiger charge is 2.36. The number of benzodiazepines with no additional fused rings is 1. The van der Waals surface area contributed by atoms with Crippen LogP contribution in [0.1, 0.15) is 34.7 Å². The minimum Gasteiger partial charge on any atom is -0.356 e. The van der Waals surface area contributed by atoms with E-state index in [-0.39, 0.29) is 18.1 Å². The number of para-hydroxylation sites is 1. The number of nitrogens with two attached hydrogens (primary N) is 1. The zero-order valence-corrected chi connectivity index (χ0v) is 20.7. The van der Waals surface area contributed by atoms with Crippen molar-refractivity contribution < 1.29 is 9.59 Å². The Kier molecular flexibility index (Phi) is 7.12. The molecular weight excluding hydrogens is 436 g/mol. The smallest absolute Gasteiger partial charge is 0.225 e. The van der Waals surface area contributed by atoms with Crippen LogP contribution in [-0.4, -0.2) is 42.7 Å². The monoisotopic (exact) mass is 468 g/mol. The number of hydrogen-bond donors (Lipinski definition) is 2. The van der Waals surface area contributed by atoms with Gasteiger partial charge >= 0.3 is 0 Å². The Labute approximate surface area is 206 Å². The van der Waals surface area contributed by atoms with Crippen LogP contribution in [0, 0.1) is 13.8 Å². The molecule has 1 amide bonds. The molecule has 0 spiro atoms. The number of ketones is 1. The molecule has 3 atom stereocenters. The van der Waals surface area contributed by atoms with Crippen LogP contribution in [0.5, 0.6) is 0 Å². The van der Waals surface area contributed by atoms with E-state index >= 15 is 0 Å². The first kappa shape index (κ1) is 24.4. The van der Waals surface area contributed by atoms with E-state index in [0.717, 1.165) is 33.5 Å². The molecule has 6 heteroatoms. The molecule has 4 rings (SSSR count). The van der Waals surface area contributed by atoms with Crippen LogP contribution < -0.4 is 16.0 Å². The summed E-state index contributed by atoms with van der Waals surface area (Å²) in [5, 5.41) is 2.87. The molecule has 0 aliphatic carbocycles. The Morgan fingerprint density at radius 3 is 2.46 bits per heavy atom. The first-order chi connectivity index (χ1) is 16.8. The number of benzene rings is 3. The van der Waals surface area contributed by atoms with Crippen molar-refractivity contribution in [3.63, 3.8) is 0 Å². The van der Waals surface area contributed by atoms with Crippen molar-refractivity contribution >= 4 is 23.1 Å². The molecule has 2 unspecified atom stereocenters. The lowest BCUT2D eigenvalue weighted by molar-refractivity contribution is -0.128. The fourth-order valence-electron chi connectivity index (χ4n) is 4.48. The van der Waals surface area contributed by atoms with Crippen LogP contribution in [0.4, 0.5) is 5.69 Å². The number of aryl methyl sites for hydroxylation is 2. The van der Waals surface area contributed by atoms with Crippen molar-refractivity contribution in [3.8, 4) is 0 Å². The van der Waals surface area contributed by atoms with Crippen molar-refractivity contribution in [2.45, 2.75) is 45.4 Å². The van der Waals surface area contributed by atoms with Gasteiger partial charge in [-0.25, -0.2) is 0 Å². The summed E-state index contributed by atoms with van der Waals surface area (Å²) >= 11 is 0. The van der Waals surface area contributed by atoms with Crippen molar-refractivity contribution in [2.75, 3.05) is 11.9 Å². The average Bonchev–Trinajstić information content (AvgIpc) is 2.96. The highest BCUT2D eigenvalue weighted by Crippen LogP contribution is 2.29. The minimum absolute atomic E-state index is 0.203. The van der Waals surface area contributed by atoms with Gasteiger partial charge in [-0.05, 0) is 38.0 Å². The minimum atomic E-state index is -0.849. The molecule has 1 heterocycles. The standard InChI is InChI=1S/C29H32N4O2/c1-18-14-15-19(2)22(16-18)17-25(34)31-20(3)28(35)27-29(30)33(4)24-13-9-8-12-23(24)26(32-27)21-10-6-5-7-11-21/h5-16,20,27,29H,17,30H2,1-4H3,(H,31,34)/t20?,27?,29-/m0/s1. The maximum atomic E-state index is 13.6. The lowest BCUT2D eigenvalue weighted by Gasteiger charge is -2.30. The fourth-order valence-corrected chi connectivity index (χ4v) is 4.48. The highest BCUT2D eigenvalue weighted by atomic mass is 16.2. The predicted octanol–water partition coefficient (Wildman–Crippen LogP) is 3.56. The predicted molar refractivity (Wildman–Crippen MR) is 141 cm³/mol. The fraction of sp³-hybridized carbons (Fsp3) is 0.276. The molecule has 3 N–H and O–H groups in total. The van der Waals surface area contributed by atoms with Gasteiger partial charge in [0.05, 0.1) is 18.2 Å². The van der Waals surface area contributed by atoms with E-state index in [4.69, 9.17) is 10.7 Å². The van der Waals surface area contributed by atoms with Crippen molar-refractivity contribution in [3.05, 3.63) is 101 Å². The Bertz CT molecular complexity index is 1270. The first-order valence-electron chi connectivity index (χ1n) is 11.9. The Hall–Kier alpha value is -3.77. The van der Waals surface area contributed by atoms with Crippen molar-refractivity contribution in [1.29, 1.82) is 0 Å². The summed E-state index contributed by atoms with van der Waals surface area (Å²) in [5.41, 5.74) is 13.1. The highest BCUT2D eigenvalue weighted by molar-refractivity contribution is 6.17. The number of rotatable bonds is 6. The topological polar surface area (TPSA) is 87.8 Å². The number of hydrogen-bond acceptors (Lipinski definition) is 5. The summed E-state index contributed by atoms with van der Waals surface area (Å²) in [6, 6.07) is 22.1. The quantitative estimate of drug-likeness (QED) is 0.579. The average molecular weight is 469 g/mol. The lowest BCUT2D eigenvalue weighted by Crippen LogP contribution is -2.55. The summed E-state index contributed by atoms with van der Waals surface area (Å²) < 4.78 is 0. The molecule has 3 aromatic rings. The van der Waals surface area contributed by atoms with Crippen LogP contribution in [0.2, 0.25) is 0 Å². The molecule has 6 nitrogen and oxygen atoms in total. The number of anilines is 1. The zero-order valence-electron chi connectivity index (χ0n) is 20.7. The third-order valence-electron chi connectivity index (χ3n) is 6.58. The SMILES string of the molecule is Cc1ccc(C)c(CC(=O)NC(C)C(=O)C2N=C(c3ccccc3)c3ccccc3N(C)[C@@H]2N)c1. The molecule has 0 aromatic heterocycles.